The number of benzene rings is 1. The van der Waals surface area contributed by atoms with Crippen molar-refractivity contribution in [2.45, 2.75) is 55.7 Å². The van der Waals surface area contributed by atoms with Gasteiger partial charge in [0.1, 0.15) is 0 Å². The number of urea groups is 1. The van der Waals surface area contributed by atoms with Gasteiger partial charge < -0.3 is 15.0 Å². The Morgan fingerprint density at radius 1 is 1.19 bits per heavy atom. The number of nitrogens with zero attached hydrogens (tertiary/aromatic N) is 1. The Labute approximate surface area is 155 Å². The molecular formula is C18H27N3O4S. The molecule has 0 bridgehead atoms. The van der Waals surface area contributed by atoms with Gasteiger partial charge in [0.2, 0.25) is 10.0 Å². The third-order valence-corrected chi connectivity index (χ3v) is 6.57. The molecule has 0 unspecified atom stereocenters. The molecule has 0 spiro atoms. The second-order valence-electron chi connectivity index (χ2n) is 6.99. The normalized spacial score (nSPS) is 23.0. The number of piperidine rings is 1. The van der Waals surface area contributed by atoms with Gasteiger partial charge >= 0.3 is 6.03 Å². The van der Waals surface area contributed by atoms with Crippen LogP contribution in [0.4, 0.5) is 4.79 Å². The van der Waals surface area contributed by atoms with Crippen LogP contribution in [0, 0.1) is 0 Å². The molecule has 0 radical (unpaired) electrons. The Bertz CT molecular complexity index is 696. The van der Waals surface area contributed by atoms with E-state index in [2.05, 4.69) is 10.0 Å². The summed E-state index contributed by atoms with van der Waals surface area (Å²) in [7, 11) is -3.51. The number of likely N-dealkylation sites (tertiary alicyclic amines) is 1. The highest BCUT2D eigenvalue weighted by Crippen LogP contribution is 2.17. The standard InChI is InChI=1S/C18H27N3O4S/c1-14(17-8-5-13-25-17)19-18(22)21-11-9-15(10-12-21)20-26(23,24)16-6-3-2-4-7-16/h2-4,6-7,14-15,17,20H,5,8-13H2,1H3,(H,19,22)/t14-,17-/m0/s1. The van der Waals surface area contributed by atoms with Crippen LogP contribution in [-0.2, 0) is 14.8 Å². The molecule has 144 valence electrons. The molecule has 2 aliphatic heterocycles. The van der Waals surface area contributed by atoms with E-state index in [4.69, 9.17) is 4.74 Å². The van der Waals surface area contributed by atoms with Crippen LogP contribution in [0.1, 0.15) is 32.6 Å². The Kier molecular flexibility index (Phi) is 6.16. The van der Waals surface area contributed by atoms with Crippen molar-refractivity contribution in [3.63, 3.8) is 0 Å². The monoisotopic (exact) mass is 381 g/mol. The average molecular weight is 381 g/mol. The summed E-state index contributed by atoms with van der Waals surface area (Å²) in [5.74, 6) is 0. The van der Waals surface area contributed by atoms with E-state index >= 15 is 0 Å². The molecule has 0 aliphatic carbocycles. The molecule has 2 N–H and O–H groups in total. The molecule has 2 aliphatic rings. The van der Waals surface area contributed by atoms with Crippen molar-refractivity contribution in [3.05, 3.63) is 30.3 Å². The quantitative estimate of drug-likeness (QED) is 0.813. The topological polar surface area (TPSA) is 87.7 Å². The third kappa shape index (κ3) is 4.75. The van der Waals surface area contributed by atoms with Gasteiger partial charge in [0.25, 0.3) is 0 Å². The van der Waals surface area contributed by atoms with Gasteiger partial charge in [-0.3, -0.25) is 0 Å². The average Bonchev–Trinajstić information content (AvgIpc) is 3.17. The summed E-state index contributed by atoms with van der Waals surface area (Å²) >= 11 is 0. The highest BCUT2D eigenvalue weighted by atomic mass is 32.2. The van der Waals surface area contributed by atoms with Crippen LogP contribution in [0.2, 0.25) is 0 Å². The number of carbonyl (C=O) groups is 1. The zero-order valence-electron chi connectivity index (χ0n) is 15.1. The molecular weight excluding hydrogens is 354 g/mol. The van der Waals surface area contributed by atoms with Gasteiger partial charge in [0.05, 0.1) is 17.0 Å². The number of sulfonamides is 1. The first kappa shape index (κ1) is 19.1. The maximum Gasteiger partial charge on any atom is 0.317 e. The van der Waals surface area contributed by atoms with Crippen LogP contribution in [0.3, 0.4) is 0 Å². The van der Waals surface area contributed by atoms with Gasteiger partial charge in [-0.15, -0.1) is 0 Å². The number of rotatable bonds is 5. The predicted octanol–water partition coefficient (Wildman–Crippen LogP) is 1.71. The molecule has 0 aromatic heterocycles. The largest absolute Gasteiger partial charge is 0.376 e. The Balaban J connectivity index is 1.47. The van der Waals surface area contributed by atoms with E-state index in [-0.39, 0.29) is 29.1 Å². The Morgan fingerprint density at radius 2 is 1.88 bits per heavy atom. The number of ether oxygens (including phenoxy) is 1. The van der Waals surface area contributed by atoms with Gasteiger partial charge in [-0.25, -0.2) is 17.9 Å². The van der Waals surface area contributed by atoms with Crippen molar-refractivity contribution in [1.29, 1.82) is 0 Å². The van der Waals surface area contributed by atoms with Crippen molar-refractivity contribution >= 4 is 16.1 Å². The third-order valence-electron chi connectivity index (χ3n) is 5.03. The van der Waals surface area contributed by atoms with Gasteiger partial charge in [0.15, 0.2) is 0 Å². The molecule has 1 aromatic carbocycles. The van der Waals surface area contributed by atoms with E-state index in [0.717, 1.165) is 19.4 Å². The highest BCUT2D eigenvalue weighted by molar-refractivity contribution is 7.89. The molecule has 2 heterocycles. The van der Waals surface area contributed by atoms with Crippen molar-refractivity contribution in [2.75, 3.05) is 19.7 Å². The van der Waals surface area contributed by atoms with Crippen LogP contribution >= 0.6 is 0 Å². The highest BCUT2D eigenvalue weighted by Gasteiger charge is 2.29. The second kappa shape index (κ2) is 8.37. The van der Waals surface area contributed by atoms with E-state index < -0.39 is 10.0 Å². The number of hydrogen-bond acceptors (Lipinski definition) is 4. The number of carbonyl (C=O) groups excluding carboxylic acids is 1. The van der Waals surface area contributed by atoms with Crippen molar-refractivity contribution in [3.8, 4) is 0 Å². The summed E-state index contributed by atoms with van der Waals surface area (Å²) in [6, 6.07) is 8.09. The first-order chi connectivity index (χ1) is 12.5. The van der Waals surface area contributed by atoms with E-state index in [1.54, 1.807) is 35.2 Å². The van der Waals surface area contributed by atoms with Crippen LogP contribution in [-0.4, -0.2) is 57.2 Å². The summed E-state index contributed by atoms with van der Waals surface area (Å²) < 4.78 is 33.1. The minimum absolute atomic E-state index is 0.0145. The van der Waals surface area contributed by atoms with Gasteiger partial charge in [-0.05, 0) is 44.7 Å². The molecule has 7 nitrogen and oxygen atoms in total. The van der Waals surface area contributed by atoms with Crippen molar-refractivity contribution in [1.82, 2.24) is 14.9 Å². The summed E-state index contributed by atoms with van der Waals surface area (Å²) in [4.78, 5) is 14.4. The van der Waals surface area contributed by atoms with Gasteiger partial charge in [-0.2, -0.15) is 0 Å². The molecule has 1 aromatic rings. The zero-order chi connectivity index (χ0) is 18.6. The van der Waals surface area contributed by atoms with Gasteiger partial charge in [0, 0.05) is 25.7 Å². The molecule has 2 amide bonds. The van der Waals surface area contributed by atoms with Crippen LogP contribution in [0.5, 0.6) is 0 Å². The first-order valence-corrected chi connectivity index (χ1v) is 10.7. The summed E-state index contributed by atoms with van der Waals surface area (Å²) in [6.07, 6.45) is 3.32. The second-order valence-corrected chi connectivity index (χ2v) is 8.70. The molecule has 8 heteroatoms. The number of amides is 2. The maximum absolute atomic E-state index is 12.4. The fourth-order valence-electron chi connectivity index (χ4n) is 3.46. The van der Waals surface area contributed by atoms with E-state index in [1.165, 1.54) is 0 Å². The van der Waals surface area contributed by atoms with E-state index in [1.807, 2.05) is 6.92 Å². The van der Waals surface area contributed by atoms with Crippen molar-refractivity contribution < 1.29 is 17.9 Å². The fraction of sp³-hybridized carbons (Fsp3) is 0.611. The summed E-state index contributed by atoms with van der Waals surface area (Å²) in [5.41, 5.74) is 0. The lowest BCUT2D eigenvalue weighted by Crippen LogP contribution is -2.52. The Morgan fingerprint density at radius 3 is 2.50 bits per heavy atom. The predicted molar refractivity (Wildman–Crippen MR) is 98.3 cm³/mol. The SMILES string of the molecule is C[C@H](NC(=O)N1CCC(NS(=O)(=O)c2ccccc2)CC1)[C@@H]1CCCO1. The molecule has 0 saturated carbocycles. The van der Waals surface area contributed by atoms with Crippen molar-refractivity contribution in [2.24, 2.45) is 0 Å². The number of nitrogens with one attached hydrogen (secondary N) is 2. The van der Waals surface area contributed by atoms with Crippen LogP contribution in [0.25, 0.3) is 0 Å². The van der Waals surface area contributed by atoms with Crippen LogP contribution in [0.15, 0.2) is 35.2 Å². The molecule has 2 saturated heterocycles. The lowest BCUT2D eigenvalue weighted by atomic mass is 10.1. The Hall–Kier alpha value is -1.64. The molecule has 3 rings (SSSR count). The number of hydrogen-bond donors (Lipinski definition) is 2. The lowest BCUT2D eigenvalue weighted by Gasteiger charge is -2.33. The molecule has 2 fully saturated rings. The lowest BCUT2D eigenvalue weighted by molar-refractivity contribution is 0.0824. The zero-order valence-corrected chi connectivity index (χ0v) is 15.9. The molecule has 26 heavy (non-hydrogen) atoms. The first-order valence-electron chi connectivity index (χ1n) is 9.20. The minimum atomic E-state index is -3.51. The fourth-order valence-corrected chi connectivity index (χ4v) is 4.79. The van der Waals surface area contributed by atoms with Gasteiger partial charge in [-0.1, -0.05) is 18.2 Å². The minimum Gasteiger partial charge on any atom is -0.376 e. The van der Waals surface area contributed by atoms with Crippen LogP contribution < -0.4 is 10.0 Å². The summed E-state index contributed by atoms with van der Waals surface area (Å²) in [5, 5.41) is 3.00. The van der Waals surface area contributed by atoms with E-state index in [0.29, 0.717) is 25.9 Å². The molecule has 2 atom stereocenters. The smallest absolute Gasteiger partial charge is 0.317 e. The summed E-state index contributed by atoms with van der Waals surface area (Å²) in [6.45, 7) is 3.80. The maximum atomic E-state index is 12.4. The van der Waals surface area contributed by atoms with E-state index in [9.17, 15) is 13.2 Å².